The molecular formula is C20H21ClN2O4S. The Morgan fingerprint density at radius 2 is 1.68 bits per heavy atom. The fourth-order valence-corrected chi connectivity index (χ4v) is 5.48. The van der Waals surface area contributed by atoms with Gasteiger partial charge in [0.25, 0.3) is 5.91 Å². The number of fused-ring (bicyclic) bond motifs is 1. The number of phenols is 1. The van der Waals surface area contributed by atoms with Crippen molar-refractivity contribution in [3.63, 3.8) is 0 Å². The number of sulfonamides is 1. The number of halogens is 1. The summed E-state index contributed by atoms with van der Waals surface area (Å²) in [5.41, 5.74) is 2.48. The highest BCUT2D eigenvalue weighted by Gasteiger charge is 2.31. The van der Waals surface area contributed by atoms with Crippen molar-refractivity contribution in [2.45, 2.75) is 24.2 Å². The van der Waals surface area contributed by atoms with Gasteiger partial charge in [-0.3, -0.25) is 4.79 Å². The van der Waals surface area contributed by atoms with Crippen LogP contribution >= 0.6 is 11.6 Å². The average Bonchev–Trinajstić information content (AvgIpc) is 3.17. The molecule has 1 fully saturated rings. The normalized spacial score (nSPS) is 17.5. The monoisotopic (exact) mass is 420 g/mol. The summed E-state index contributed by atoms with van der Waals surface area (Å²) in [5, 5.41) is 10.3. The van der Waals surface area contributed by atoms with Crippen LogP contribution in [0.5, 0.6) is 5.75 Å². The summed E-state index contributed by atoms with van der Waals surface area (Å²) in [4.78, 5) is 14.5. The number of hydrogen-bond donors (Lipinski definition) is 1. The first kappa shape index (κ1) is 19.2. The van der Waals surface area contributed by atoms with E-state index in [1.807, 2.05) is 6.07 Å². The van der Waals surface area contributed by atoms with Gasteiger partial charge in [0.15, 0.2) is 0 Å². The number of carbonyl (C=O) groups excluding carboxylic acids is 1. The molecule has 1 saturated heterocycles. The zero-order valence-electron chi connectivity index (χ0n) is 15.3. The molecule has 1 aliphatic heterocycles. The molecule has 1 heterocycles. The van der Waals surface area contributed by atoms with E-state index in [2.05, 4.69) is 0 Å². The van der Waals surface area contributed by atoms with E-state index in [1.165, 1.54) is 28.1 Å². The van der Waals surface area contributed by atoms with Crippen LogP contribution in [0.4, 0.5) is 0 Å². The minimum absolute atomic E-state index is 0.127. The molecule has 4 rings (SSSR count). The summed E-state index contributed by atoms with van der Waals surface area (Å²) in [6.07, 6.45) is 2.99. The van der Waals surface area contributed by atoms with Gasteiger partial charge in [0, 0.05) is 31.2 Å². The van der Waals surface area contributed by atoms with E-state index in [1.54, 1.807) is 17.0 Å². The van der Waals surface area contributed by atoms with Crippen molar-refractivity contribution in [1.82, 2.24) is 9.21 Å². The molecule has 0 bridgehead atoms. The van der Waals surface area contributed by atoms with E-state index in [4.69, 9.17) is 11.6 Å². The lowest BCUT2D eigenvalue weighted by molar-refractivity contribution is 0.0695. The van der Waals surface area contributed by atoms with Crippen LogP contribution < -0.4 is 0 Å². The Balaban J connectivity index is 1.47. The van der Waals surface area contributed by atoms with Crippen molar-refractivity contribution in [2.24, 2.45) is 0 Å². The maximum atomic E-state index is 13.0. The molecule has 2 aromatic carbocycles. The minimum Gasteiger partial charge on any atom is -0.507 e. The molecular weight excluding hydrogens is 400 g/mol. The maximum absolute atomic E-state index is 13.0. The van der Waals surface area contributed by atoms with Crippen molar-refractivity contribution in [1.29, 1.82) is 0 Å². The molecule has 28 heavy (non-hydrogen) atoms. The van der Waals surface area contributed by atoms with E-state index < -0.39 is 10.0 Å². The van der Waals surface area contributed by atoms with Crippen molar-refractivity contribution in [3.05, 3.63) is 58.1 Å². The quantitative estimate of drug-likeness (QED) is 0.828. The molecule has 1 amide bonds. The molecule has 1 aliphatic carbocycles. The number of piperazine rings is 1. The van der Waals surface area contributed by atoms with Crippen LogP contribution in [0, 0.1) is 0 Å². The Kier molecular flexibility index (Phi) is 5.07. The second-order valence-electron chi connectivity index (χ2n) is 7.14. The highest BCUT2D eigenvalue weighted by atomic mass is 35.5. The smallest absolute Gasteiger partial charge is 0.257 e. The van der Waals surface area contributed by atoms with Gasteiger partial charge in [-0.1, -0.05) is 17.7 Å². The van der Waals surface area contributed by atoms with Gasteiger partial charge in [-0.05, 0) is 60.7 Å². The second-order valence-corrected chi connectivity index (χ2v) is 9.52. The first-order valence-electron chi connectivity index (χ1n) is 9.26. The predicted octanol–water partition coefficient (Wildman–Crippen LogP) is 2.68. The van der Waals surface area contributed by atoms with Gasteiger partial charge in [-0.25, -0.2) is 8.42 Å². The van der Waals surface area contributed by atoms with Crippen LogP contribution in [0.1, 0.15) is 27.9 Å². The van der Waals surface area contributed by atoms with Crippen LogP contribution in [-0.2, 0) is 22.9 Å². The molecule has 0 saturated carbocycles. The van der Waals surface area contributed by atoms with E-state index >= 15 is 0 Å². The number of benzene rings is 2. The van der Waals surface area contributed by atoms with Gasteiger partial charge in [-0.2, -0.15) is 4.31 Å². The molecule has 2 aromatic rings. The Morgan fingerprint density at radius 3 is 2.43 bits per heavy atom. The lowest BCUT2D eigenvalue weighted by Gasteiger charge is -2.34. The standard InChI is InChI=1S/C20H21ClN2O4S/c21-16-5-7-19(24)18(13-16)20(25)22-8-10-23(11-9-22)28(26,27)17-6-4-14-2-1-3-15(14)12-17/h4-7,12-13,24H,1-3,8-11H2. The number of amides is 1. The summed E-state index contributed by atoms with van der Waals surface area (Å²) in [6, 6.07) is 9.70. The number of hydrogen-bond acceptors (Lipinski definition) is 4. The first-order valence-corrected chi connectivity index (χ1v) is 11.1. The number of carbonyl (C=O) groups is 1. The van der Waals surface area contributed by atoms with Crippen molar-refractivity contribution in [2.75, 3.05) is 26.2 Å². The van der Waals surface area contributed by atoms with Gasteiger partial charge in [-0.15, -0.1) is 0 Å². The molecule has 0 unspecified atom stereocenters. The van der Waals surface area contributed by atoms with Gasteiger partial charge in [0.1, 0.15) is 5.75 Å². The number of rotatable bonds is 3. The Morgan fingerprint density at radius 1 is 0.964 bits per heavy atom. The highest BCUT2D eigenvalue weighted by Crippen LogP contribution is 2.27. The third kappa shape index (κ3) is 3.50. The Labute approximate surface area is 169 Å². The Bertz CT molecular complexity index is 1030. The number of nitrogens with zero attached hydrogens (tertiary/aromatic N) is 2. The van der Waals surface area contributed by atoms with Crippen LogP contribution in [0.3, 0.4) is 0 Å². The predicted molar refractivity (Wildman–Crippen MR) is 106 cm³/mol. The number of phenolic OH excluding ortho intramolecular Hbond substituents is 1. The molecule has 148 valence electrons. The van der Waals surface area contributed by atoms with Gasteiger partial charge >= 0.3 is 0 Å². The minimum atomic E-state index is -3.59. The van der Waals surface area contributed by atoms with Crippen LogP contribution in [0.25, 0.3) is 0 Å². The summed E-state index contributed by atoms with van der Waals surface area (Å²) in [5.74, 6) is -0.489. The van der Waals surface area contributed by atoms with Gasteiger partial charge in [0.05, 0.1) is 10.5 Å². The van der Waals surface area contributed by atoms with E-state index in [-0.39, 0.29) is 43.4 Å². The SMILES string of the molecule is O=C(c1cc(Cl)ccc1O)N1CCN(S(=O)(=O)c2ccc3c(c2)CCC3)CC1. The maximum Gasteiger partial charge on any atom is 0.257 e. The summed E-state index contributed by atoms with van der Waals surface area (Å²) in [6.45, 7) is 0.947. The molecule has 8 heteroatoms. The first-order chi connectivity index (χ1) is 13.4. The van der Waals surface area contributed by atoms with Crippen molar-refractivity contribution in [3.8, 4) is 5.75 Å². The average molecular weight is 421 g/mol. The summed E-state index contributed by atoms with van der Waals surface area (Å²) < 4.78 is 27.4. The molecule has 6 nitrogen and oxygen atoms in total. The summed E-state index contributed by atoms with van der Waals surface area (Å²) in [7, 11) is -3.59. The van der Waals surface area contributed by atoms with Crippen LogP contribution in [0.2, 0.25) is 5.02 Å². The second kappa shape index (κ2) is 7.39. The summed E-state index contributed by atoms with van der Waals surface area (Å²) >= 11 is 5.92. The topological polar surface area (TPSA) is 77.9 Å². The third-order valence-corrected chi connectivity index (χ3v) is 7.55. The third-order valence-electron chi connectivity index (χ3n) is 5.42. The van der Waals surface area contributed by atoms with Crippen molar-refractivity contribution >= 4 is 27.5 Å². The molecule has 2 aliphatic rings. The highest BCUT2D eigenvalue weighted by molar-refractivity contribution is 7.89. The lowest BCUT2D eigenvalue weighted by atomic mass is 10.1. The molecule has 1 N–H and O–H groups in total. The van der Waals surface area contributed by atoms with Crippen molar-refractivity contribution < 1.29 is 18.3 Å². The number of aryl methyl sites for hydroxylation is 2. The molecule has 0 aromatic heterocycles. The molecule has 0 spiro atoms. The Hall–Kier alpha value is -2.09. The lowest BCUT2D eigenvalue weighted by Crippen LogP contribution is -2.50. The number of aromatic hydroxyl groups is 1. The fraction of sp³-hybridized carbons (Fsp3) is 0.350. The molecule has 0 radical (unpaired) electrons. The zero-order valence-corrected chi connectivity index (χ0v) is 16.8. The van der Waals surface area contributed by atoms with Gasteiger partial charge < -0.3 is 10.0 Å². The largest absolute Gasteiger partial charge is 0.507 e. The van der Waals surface area contributed by atoms with Crippen LogP contribution in [-0.4, -0.2) is 54.8 Å². The van der Waals surface area contributed by atoms with E-state index in [0.29, 0.717) is 9.92 Å². The fourth-order valence-electron chi connectivity index (χ4n) is 3.84. The molecule has 0 atom stereocenters. The zero-order chi connectivity index (χ0) is 19.9. The van der Waals surface area contributed by atoms with Crippen LogP contribution in [0.15, 0.2) is 41.3 Å². The van der Waals surface area contributed by atoms with E-state index in [0.717, 1.165) is 24.8 Å². The van der Waals surface area contributed by atoms with Gasteiger partial charge in [0.2, 0.25) is 10.0 Å². The van der Waals surface area contributed by atoms with E-state index in [9.17, 15) is 18.3 Å².